The van der Waals surface area contributed by atoms with E-state index in [1.165, 1.54) is 0 Å². The first-order valence-corrected chi connectivity index (χ1v) is 7.74. The minimum absolute atomic E-state index is 0.166. The van der Waals surface area contributed by atoms with Crippen molar-refractivity contribution in [2.45, 2.75) is 26.3 Å². The highest BCUT2D eigenvalue weighted by atomic mass is 79.9. The van der Waals surface area contributed by atoms with Gasteiger partial charge in [0.2, 0.25) is 0 Å². The Balaban J connectivity index is 2.32. The van der Waals surface area contributed by atoms with Gasteiger partial charge in [0.15, 0.2) is 0 Å². The number of rotatable bonds is 5. The molecule has 0 saturated heterocycles. The first kappa shape index (κ1) is 15.7. The summed E-state index contributed by atoms with van der Waals surface area (Å²) in [6, 6.07) is 11.5. The quantitative estimate of drug-likeness (QED) is 0.794. The zero-order valence-corrected chi connectivity index (χ0v) is 14.1. The minimum atomic E-state index is 0.166. The number of anilines is 1. The predicted molar refractivity (Wildman–Crippen MR) is 90.2 cm³/mol. The van der Waals surface area contributed by atoms with Gasteiger partial charge in [-0.1, -0.05) is 35.0 Å². The van der Waals surface area contributed by atoms with Crippen LogP contribution in [0, 0.1) is 6.92 Å². The van der Waals surface area contributed by atoms with Gasteiger partial charge in [0, 0.05) is 4.47 Å². The fourth-order valence-electron chi connectivity index (χ4n) is 2.36. The fraction of sp³-hybridized carbons (Fsp3) is 0.294. The Morgan fingerprint density at radius 1 is 1.24 bits per heavy atom. The summed E-state index contributed by atoms with van der Waals surface area (Å²) in [4.78, 5) is 0. The second kappa shape index (κ2) is 6.85. The van der Waals surface area contributed by atoms with Gasteiger partial charge in [0.1, 0.15) is 11.5 Å². The summed E-state index contributed by atoms with van der Waals surface area (Å²) in [7, 11) is 1.67. The smallest absolute Gasteiger partial charge is 0.143 e. The maximum absolute atomic E-state index is 9.41. The van der Waals surface area contributed by atoms with Crippen LogP contribution in [0.2, 0.25) is 0 Å². The molecule has 0 fully saturated rings. The van der Waals surface area contributed by atoms with Gasteiger partial charge in [0.05, 0.1) is 18.8 Å². The van der Waals surface area contributed by atoms with Crippen LogP contribution in [-0.4, -0.2) is 12.2 Å². The van der Waals surface area contributed by atoms with Crippen LogP contribution >= 0.6 is 15.9 Å². The van der Waals surface area contributed by atoms with E-state index < -0.39 is 0 Å². The lowest BCUT2D eigenvalue weighted by molar-refractivity contribution is 0.415. The molecule has 2 aromatic rings. The van der Waals surface area contributed by atoms with Gasteiger partial charge in [-0.25, -0.2) is 0 Å². The van der Waals surface area contributed by atoms with Crippen LogP contribution in [0.15, 0.2) is 40.9 Å². The first-order chi connectivity index (χ1) is 10.0. The molecule has 2 rings (SSSR count). The lowest BCUT2D eigenvalue weighted by Crippen LogP contribution is -2.11. The maximum atomic E-state index is 9.41. The second-order valence-corrected chi connectivity index (χ2v) is 5.91. The standard InChI is InChI=1S/C17H20BrNO2/c1-4-15(12-5-7-14(20)8-6-12)19-17-11(2)9-13(18)10-16(17)21-3/h5-10,15,19-20H,4H2,1-3H3. The largest absolute Gasteiger partial charge is 0.508 e. The Bertz CT molecular complexity index is 611. The van der Waals surface area contributed by atoms with Crippen molar-refractivity contribution in [1.29, 1.82) is 0 Å². The van der Waals surface area contributed by atoms with E-state index in [-0.39, 0.29) is 11.8 Å². The normalized spacial score (nSPS) is 12.0. The van der Waals surface area contributed by atoms with E-state index in [0.29, 0.717) is 0 Å². The number of halogens is 1. The molecule has 21 heavy (non-hydrogen) atoms. The highest BCUT2D eigenvalue weighted by Crippen LogP contribution is 2.35. The average Bonchev–Trinajstić information content (AvgIpc) is 2.47. The van der Waals surface area contributed by atoms with Crippen LogP contribution < -0.4 is 10.1 Å². The predicted octanol–water partition coefficient (Wildman–Crippen LogP) is 5.03. The van der Waals surface area contributed by atoms with Crippen LogP contribution in [0.1, 0.15) is 30.5 Å². The molecule has 2 aromatic carbocycles. The maximum Gasteiger partial charge on any atom is 0.143 e. The van der Waals surface area contributed by atoms with Crippen molar-refractivity contribution in [3.05, 3.63) is 52.0 Å². The van der Waals surface area contributed by atoms with Crippen LogP contribution in [0.4, 0.5) is 5.69 Å². The highest BCUT2D eigenvalue weighted by molar-refractivity contribution is 9.10. The van der Waals surface area contributed by atoms with E-state index in [9.17, 15) is 5.11 Å². The van der Waals surface area contributed by atoms with Gasteiger partial charge in [-0.15, -0.1) is 0 Å². The zero-order chi connectivity index (χ0) is 15.4. The van der Waals surface area contributed by atoms with E-state index >= 15 is 0 Å². The first-order valence-electron chi connectivity index (χ1n) is 6.94. The van der Waals surface area contributed by atoms with Crippen molar-refractivity contribution < 1.29 is 9.84 Å². The SMILES string of the molecule is CCC(Nc1c(C)cc(Br)cc1OC)c1ccc(O)cc1. The van der Waals surface area contributed by atoms with E-state index in [2.05, 4.69) is 41.2 Å². The summed E-state index contributed by atoms with van der Waals surface area (Å²) in [6.07, 6.45) is 0.934. The van der Waals surface area contributed by atoms with Crippen molar-refractivity contribution in [3.8, 4) is 11.5 Å². The summed E-state index contributed by atoms with van der Waals surface area (Å²) < 4.78 is 6.47. The van der Waals surface area contributed by atoms with Gasteiger partial charge in [-0.2, -0.15) is 0 Å². The lowest BCUT2D eigenvalue weighted by Gasteiger charge is -2.22. The number of aryl methyl sites for hydroxylation is 1. The van der Waals surface area contributed by atoms with Crippen LogP contribution in [0.5, 0.6) is 11.5 Å². The van der Waals surface area contributed by atoms with Crippen LogP contribution in [-0.2, 0) is 0 Å². The van der Waals surface area contributed by atoms with Crippen molar-refractivity contribution in [2.24, 2.45) is 0 Å². The van der Waals surface area contributed by atoms with Crippen molar-refractivity contribution in [2.75, 3.05) is 12.4 Å². The Morgan fingerprint density at radius 3 is 2.48 bits per heavy atom. The number of benzene rings is 2. The Labute approximate surface area is 134 Å². The monoisotopic (exact) mass is 349 g/mol. The molecule has 4 heteroatoms. The van der Waals surface area contributed by atoms with Gasteiger partial charge in [0.25, 0.3) is 0 Å². The molecule has 3 nitrogen and oxygen atoms in total. The third kappa shape index (κ3) is 3.70. The van der Waals surface area contributed by atoms with Gasteiger partial charge >= 0.3 is 0 Å². The zero-order valence-electron chi connectivity index (χ0n) is 12.5. The van der Waals surface area contributed by atoms with Gasteiger partial charge < -0.3 is 15.2 Å². The molecule has 0 heterocycles. The molecule has 112 valence electrons. The summed E-state index contributed by atoms with van der Waals surface area (Å²) in [5.74, 6) is 1.10. The van der Waals surface area contributed by atoms with E-state index in [1.807, 2.05) is 18.2 Å². The number of phenolic OH excluding ortho intramolecular Hbond substituents is 1. The third-order valence-electron chi connectivity index (χ3n) is 3.51. The molecule has 2 N–H and O–H groups in total. The second-order valence-electron chi connectivity index (χ2n) is 5.00. The Hall–Kier alpha value is -1.68. The number of hydrogen-bond acceptors (Lipinski definition) is 3. The van der Waals surface area contributed by atoms with Gasteiger partial charge in [-0.05, 0) is 48.7 Å². The molecule has 0 aliphatic rings. The van der Waals surface area contributed by atoms with Crippen molar-refractivity contribution in [1.82, 2.24) is 0 Å². The van der Waals surface area contributed by atoms with Crippen molar-refractivity contribution >= 4 is 21.6 Å². The van der Waals surface area contributed by atoms with Crippen LogP contribution in [0.25, 0.3) is 0 Å². The summed E-state index contributed by atoms with van der Waals surface area (Å²) in [5.41, 5.74) is 3.26. The average molecular weight is 350 g/mol. The van der Waals surface area contributed by atoms with E-state index in [1.54, 1.807) is 19.2 Å². The molecule has 0 aromatic heterocycles. The number of aromatic hydroxyl groups is 1. The fourth-order valence-corrected chi connectivity index (χ4v) is 2.91. The number of nitrogens with one attached hydrogen (secondary N) is 1. The minimum Gasteiger partial charge on any atom is -0.508 e. The Morgan fingerprint density at radius 2 is 1.90 bits per heavy atom. The third-order valence-corrected chi connectivity index (χ3v) is 3.96. The molecule has 0 saturated carbocycles. The molecule has 0 bridgehead atoms. The molecule has 0 aliphatic heterocycles. The molecular weight excluding hydrogens is 330 g/mol. The molecule has 1 atom stereocenters. The topological polar surface area (TPSA) is 41.5 Å². The van der Waals surface area contributed by atoms with Gasteiger partial charge in [-0.3, -0.25) is 0 Å². The van der Waals surface area contributed by atoms with E-state index in [4.69, 9.17) is 4.74 Å². The number of methoxy groups -OCH3 is 1. The molecule has 0 aliphatic carbocycles. The van der Waals surface area contributed by atoms with Crippen LogP contribution in [0.3, 0.4) is 0 Å². The summed E-state index contributed by atoms with van der Waals surface area (Å²) >= 11 is 3.49. The molecule has 0 spiro atoms. The number of hydrogen-bond donors (Lipinski definition) is 2. The Kier molecular flexibility index (Phi) is 5.12. The molecule has 0 amide bonds. The lowest BCUT2D eigenvalue weighted by atomic mass is 10.0. The molecule has 1 unspecified atom stereocenters. The summed E-state index contributed by atoms with van der Waals surface area (Å²) in [6.45, 7) is 4.18. The highest BCUT2D eigenvalue weighted by Gasteiger charge is 2.14. The van der Waals surface area contributed by atoms with E-state index in [0.717, 1.165) is 33.5 Å². The number of ether oxygens (including phenoxy) is 1. The number of phenols is 1. The molecular formula is C17H20BrNO2. The summed E-state index contributed by atoms with van der Waals surface area (Å²) in [5, 5.41) is 13.0. The van der Waals surface area contributed by atoms with Crippen molar-refractivity contribution in [3.63, 3.8) is 0 Å². The molecule has 0 radical (unpaired) electrons.